The molecule has 0 N–H and O–H groups in total. The standard InChI is InChI=1S/C28H41FO2/c1-3-5-16-31-28-15-13-25(19-27(28)29)21-8-6-20(7-9-21)22-10-11-24-18-26(30-4-2)14-12-23(24)17-22/h3,5,13,15,19-24,26H,4,6-12,14,16-18H2,1-2H3/b5-3+. The molecule has 2 nitrogen and oxygen atoms in total. The molecule has 0 heterocycles. The summed E-state index contributed by atoms with van der Waals surface area (Å²) in [5.41, 5.74) is 1.16. The van der Waals surface area contributed by atoms with Gasteiger partial charge in [0, 0.05) is 6.61 Å². The summed E-state index contributed by atoms with van der Waals surface area (Å²) < 4.78 is 25.9. The van der Waals surface area contributed by atoms with Gasteiger partial charge in [0.15, 0.2) is 11.6 Å². The molecule has 4 atom stereocenters. The molecule has 3 aliphatic rings. The van der Waals surface area contributed by atoms with Gasteiger partial charge < -0.3 is 9.47 Å². The molecule has 3 heteroatoms. The fraction of sp³-hybridized carbons (Fsp3) is 0.714. The van der Waals surface area contributed by atoms with Crippen LogP contribution in [0, 0.1) is 29.5 Å². The molecule has 1 aromatic rings. The van der Waals surface area contributed by atoms with E-state index in [-0.39, 0.29) is 5.82 Å². The third kappa shape index (κ3) is 5.72. The quantitative estimate of drug-likeness (QED) is 0.415. The molecule has 31 heavy (non-hydrogen) atoms. The van der Waals surface area contributed by atoms with E-state index in [0.29, 0.717) is 24.4 Å². The number of halogens is 1. The zero-order chi connectivity index (χ0) is 21.6. The van der Waals surface area contributed by atoms with Crippen molar-refractivity contribution in [1.82, 2.24) is 0 Å². The molecule has 0 amide bonds. The van der Waals surface area contributed by atoms with Crippen LogP contribution in [0.25, 0.3) is 0 Å². The minimum Gasteiger partial charge on any atom is -0.486 e. The fourth-order valence-electron chi connectivity index (χ4n) is 6.74. The van der Waals surface area contributed by atoms with Crippen molar-refractivity contribution in [2.45, 2.75) is 90.1 Å². The molecule has 3 aliphatic carbocycles. The molecule has 4 rings (SSSR count). The zero-order valence-electron chi connectivity index (χ0n) is 19.5. The summed E-state index contributed by atoms with van der Waals surface area (Å²) in [5, 5.41) is 0. The van der Waals surface area contributed by atoms with Gasteiger partial charge in [-0.05, 0) is 125 Å². The number of benzene rings is 1. The summed E-state index contributed by atoms with van der Waals surface area (Å²) in [6.45, 7) is 5.36. The molecular weight excluding hydrogens is 387 g/mol. The van der Waals surface area contributed by atoms with Gasteiger partial charge in [0.1, 0.15) is 6.61 Å². The second-order valence-corrected chi connectivity index (χ2v) is 10.2. The van der Waals surface area contributed by atoms with Crippen molar-refractivity contribution in [2.24, 2.45) is 23.7 Å². The Morgan fingerprint density at radius 1 is 0.903 bits per heavy atom. The predicted molar refractivity (Wildman–Crippen MR) is 125 cm³/mol. The largest absolute Gasteiger partial charge is 0.486 e. The van der Waals surface area contributed by atoms with Crippen molar-refractivity contribution in [3.05, 3.63) is 41.7 Å². The average molecular weight is 429 g/mol. The number of fused-ring (bicyclic) bond motifs is 1. The van der Waals surface area contributed by atoms with Crippen molar-refractivity contribution in [1.29, 1.82) is 0 Å². The van der Waals surface area contributed by atoms with Crippen LogP contribution in [0.5, 0.6) is 5.75 Å². The van der Waals surface area contributed by atoms with Gasteiger partial charge in [-0.15, -0.1) is 0 Å². The van der Waals surface area contributed by atoms with Gasteiger partial charge in [-0.2, -0.15) is 0 Å². The summed E-state index contributed by atoms with van der Waals surface area (Å²) in [4.78, 5) is 0. The lowest BCUT2D eigenvalue weighted by Crippen LogP contribution is -2.36. The van der Waals surface area contributed by atoms with Crippen molar-refractivity contribution in [3.63, 3.8) is 0 Å². The third-order valence-electron chi connectivity index (χ3n) is 8.44. The zero-order valence-corrected chi connectivity index (χ0v) is 19.5. The molecule has 0 aliphatic heterocycles. The van der Waals surface area contributed by atoms with Crippen LogP contribution in [0.3, 0.4) is 0 Å². The maximum Gasteiger partial charge on any atom is 0.165 e. The first kappa shape index (κ1) is 22.8. The number of allylic oxidation sites excluding steroid dienone is 1. The van der Waals surface area contributed by atoms with Crippen LogP contribution >= 0.6 is 0 Å². The van der Waals surface area contributed by atoms with Gasteiger partial charge in [0.05, 0.1) is 6.10 Å². The predicted octanol–water partition coefficient (Wildman–Crippen LogP) is 7.68. The van der Waals surface area contributed by atoms with Crippen LogP contribution in [-0.2, 0) is 4.74 Å². The molecule has 0 spiro atoms. The second kappa shape index (κ2) is 11.0. The Kier molecular flexibility index (Phi) is 8.09. The second-order valence-electron chi connectivity index (χ2n) is 10.2. The van der Waals surface area contributed by atoms with E-state index < -0.39 is 0 Å². The first-order chi connectivity index (χ1) is 15.2. The Bertz CT molecular complexity index is 722. The summed E-state index contributed by atoms with van der Waals surface area (Å²) in [6, 6.07) is 5.62. The van der Waals surface area contributed by atoms with Gasteiger partial charge in [0.2, 0.25) is 0 Å². The van der Waals surface area contributed by atoms with Crippen LogP contribution in [0.1, 0.15) is 89.5 Å². The number of rotatable bonds is 7. The van der Waals surface area contributed by atoms with Crippen molar-refractivity contribution in [3.8, 4) is 5.75 Å². The molecule has 0 bridgehead atoms. The molecule has 0 saturated heterocycles. The van der Waals surface area contributed by atoms with E-state index in [1.54, 1.807) is 6.07 Å². The highest BCUT2D eigenvalue weighted by Gasteiger charge is 2.39. The molecule has 1 aromatic carbocycles. The Balaban J connectivity index is 1.26. The fourth-order valence-corrected chi connectivity index (χ4v) is 6.74. The van der Waals surface area contributed by atoms with Gasteiger partial charge in [0.25, 0.3) is 0 Å². The molecule has 3 fully saturated rings. The van der Waals surface area contributed by atoms with E-state index in [4.69, 9.17) is 9.47 Å². The lowest BCUT2D eigenvalue weighted by Gasteiger charge is -2.45. The highest BCUT2D eigenvalue weighted by atomic mass is 19.1. The summed E-state index contributed by atoms with van der Waals surface area (Å²) in [7, 11) is 0. The van der Waals surface area contributed by atoms with Crippen LogP contribution in [0.15, 0.2) is 30.4 Å². The topological polar surface area (TPSA) is 18.5 Å². The van der Waals surface area contributed by atoms with E-state index in [1.165, 1.54) is 64.2 Å². The Hall–Kier alpha value is -1.35. The van der Waals surface area contributed by atoms with Gasteiger partial charge in [-0.1, -0.05) is 18.2 Å². The third-order valence-corrected chi connectivity index (χ3v) is 8.44. The Morgan fingerprint density at radius 3 is 2.29 bits per heavy atom. The van der Waals surface area contributed by atoms with E-state index in [0.717, 1.165) is 35.8 Å². The van der Waals surface area contributed by atoms with Crippen molar-refractivity contribution < 1.29 is 13.9 Å². The van der Waals surface area contributed by atoms with Crippen LogP contribution in [-0.4, -0.2) is 19.3 Å². The van der Waals surface area contributed by atoms with E-state index >= 15 is 0 Å². The van der Waals surface area contributed by atoms with Crippen LogP contribution < -0.4 is 4.74 Å². The van der Waals surface area contributed by atoms with Gasteiger partial charge in [-0.25, -0.2) is 4.39 Å². The number of ether oxygens (including phenoxy) is 2. The Morgan fingerprint density at radius 2 is 1.58 bits per heavy atom. The lowest BCUT2D eigenvalue weighted by atomic mass is 9.62. The maximum atomic E-state index is 14.5. The molecule has 0 aromatic heterocycles. The molecular formula is C28H41FO2. The van der Waals surface area contributed by atoms with Crippen molar-refractivity contribution >= 4 is 0 Å². The summed E-state index contributed by atoms with van der Waals surface area (Å²) in [5.74, 6) is 4.32. The minimum absolute atomic E-state index is 0.217. The van der Waals surface area contributed by atoms with Crippen LogP contribution in [0.2, 0.25) is 0 Å². The average Bonchev–Trinajstić information content (AvgIpc) is 2.80. The minimum atomic E-state index is -0.217. The van der Waals surface area contributed by atoms with Crippen molar-refractivity contribution in [2.75, 3.05) is 13.2 Å². The number of hydrogen-bond acceptors (Lipinski definition) is 2. The molecule has 3 saturated carbocycles. The smallest absolute Gasteiger partial charge is 0.165 e. The number of hydrogen-bond donors (Lipinski definition) is 0. The van der Waals surface area contributed by atoms with E-state index in [1.807, 2.05) is 25.1 Å². The monoisotopic (exact) mass is 428 g/mol. The summed E-state index contributed by atoms with van der Waals surface area (Å²) >= 11 is 0. The maximum absolute atomic E-state index is 14.5. The van der Waals surface area contributed by atoms with Crippen LogP contribution in [0.4, 0.5) is 4.39 Å². The summed E-state index contributed by atoms with van der Waals surface area (Å²) in [6.07, 6.45) is 17.6. The molecule has 0 radical (unpaired) electrons. The van der Waals surface area contributed by atoms with E-state index in [9.17, 15) is 4.39 Å². The molecule has 172 valence electrons. The highest BCUT2D eigenvalue weighted by Crippen LogP contribution is 2.49. The van der Waals surface area contributed by atoms with E-state index in [2.05, 4.69) is 13.0 Å². The molecule has 4 unspecified atom stereocenters. The highest BCUT2D eigenvalue weighted by molar-refractivity contribution is 5.31. The first-order valence-corrected chi connectivity index (χ1v) is 12.8. The van der Waals surface area contributed by atoms with Gasteiger partial charge in [-0.3, -0.25) is 0 Å². The Labute approximate surface area is 188 Å². The first-order valence-electron chi connectivity index (χ1n) is 12.8. The lowest BCUT2D eigenvalue weighted by molar-refractivity contribution is -0.0205. The SMILES string of the molecule is C/C=C/COc1ccc(C2CCC(C3CCC4CC(OCC)CCC4C3)CC2)cc1F. The van der Waals surface area contributed by atoms with Gasteiger partial charge >= 0.3 is 0 Å². The normalized spacial score (nSPS) is 33.9.